The van der Waals surface area contributed by atoms with E-state index in [-0.39, 0.29) is 17.9 Å². The Kier molecular flexibility index (Phi) is 6.76. The highest BCUT2D eigenvalue weighted by Crippen LogP contribution is 2.23. The molecule has 3 rings (SSSR count). The van der Waals surface area contributed by atoms with Gasteiger partial charge in [-0.05, 0) is 57.2 Å². The van der Waals surface area contributed by atoms with E-state index in [1.54, 1.807) is 6.20 Å². The molecule has 0 radical (unpaired) electrons. The van der Waals surface area contributed by atoms with Crippen LogP contribution in [0.1, 0.15) is 39.5 Å². The van der Waals surface area contributed by atoms with E-state index >= 15 is 0 Å². The summed E-state index contributed by atoms with van der Waals surface area (Å²) in [4.78, 5) is 21.7. The van der Waals surface area contributed by atoms with Crippen LogP contribution < -0.4 is 10.2 Å². The van der Waals surface area contributed by atoms with Crippen LogP contribution in [-0.2, 0) is 4.79 Å². The van der Waals surface area contributed by atoms with Crippen LogP contribution in [0.5, 0.6) is 0 Å². The van der Waals surface area contributed by atoms with Crippen LogP contribution in [-0.4, -0.2) is 54.6 Å². The molecule has 0 bridgehead atoms. The van der Waals surface area contributed by atoms with Crippen molar-refractivity contribution in [3.63, 3.8) is 0 Å². The van der Waals surface area contributed by atoms with Crippen LogP contribution in [0.3, 0.4) is 0 Å². The summed E-state index contributed by atoms with van der Waals surface area (Å²) in [6, 6.07) is 4.03. The summed E-state index contributed by atoms with van der Waals surface area (Å²) in [6.45, 7) is 9.46. The molecule has 5 nitrogen and oxygen atoms in total. The van der Waals surface area contributed by atoms with E-state index in [1.165, 1.54) is 12.8 Å². The lowest BCUT2D eigenvalue weighted by molar-refractivity contribution is -0.126. The highest BCUT2D eigenvalue weighted by molar-refractivity contribution is 6.30. The van der Waals surface area contributed by atoms with Gasteiger partial charge in [-0.25, -0.2) is 4.98 Å². The second-order valence-electron chi connectivity index (χ2n) is 8.01. The van der Waals surface area contributed by atoms with Crippen molar-refractivity contribution in [2.24, 2.45) is 11.8 Å². The number of nitrogens with zero attached hydrogens (tertiary/aromatic N) is 3. The summed E-state index contributed by atoms with van der Waals surface area (Å²) in [5.41, 5.74) is 0. The minimum atomic E-state index is 0.112. The average Bonchev–Trinajstić information content (AvgIpc) is 2.62. The Labute approximate surface area is 162 Å². The lowest BCUT2D eigenvalue weighted by atomic mass is 9.95. The topological polar surface area (TPSA) is 48.5 Å². The van der Waals surface area contributed by atoms with Crippen molar-refractivity contribution < 1.29 is 4.79 Å². The second kappa shape index (κ2) is 9.05. The van der Waals surface area contributed by atoms with Gasteiger partial charge in [-0.3, -0.25) is 4.79 Å². The van der Waals surface area contributed by atoms with Gasteiger partial charge in [-0.15, -0.1) is 0 Å². The number of carbonyl (C=O) groups is 1. The van der Waals surface area contributed by atoms with E-state index in [1.807, 2.05) is 12.1 Å². The van der Waals surface area contributed by atoms with Crippen LogP contribution in [0.15, 0.2) is 18.3 Å². The van der Waals surface area contributed by atoms with Gasteiger partial charge >= 0.3 is 0 Å². The number of amides is 1. The monoisotopic (exact) mass is 378 g/mol. The van der Waals surface area contributed by atoms with Gasteiger partial charge in [0.05, 0.1) is 5.02 Å². The maximum absolute atomic E-state index is 12.6. The van der Waals surface area contributed by atoms with Crippen molar-refractivity contribution in [3.8, 4) is 0 Å². The zero-order valence-electron chi connectivity index (χ0n) is 16.0. The van der Waals surface area contributed by atoms with Crippen LogP contribution in [0.2, 0.25) is 5.02 Å². The molecule has 0 spiro atoms. The Hall–Kier alpha value is -1.33. The highest BCUT2D eigenvalue weighted by Gasteiger charge is 2.27. The molecule has 3 heterocycles. The molecule has 2 aliphatic rings. The molecule has 0 aliphatic carbocycles. The van der Waals surface area contributed by atoms with Crippen molar-refractivity contribution in [2.75, 3.05) is 37.6 Å². The first-order valence-corrected chi connectivity index (χ1v) is 10.3. The van der Waals surface area contributed by atoms with E-state index in [2.05, 4.69) is 33.9 Å². The standard InChI is InChI=1S/C20H31ClN4O/c1-15-4-3-9-24(13-15)14-16(2)23-20(26)17-7-10-25(11-8-17)19-6-5-18(21)12-22-19/h5-6,12,15-17H,3-4,7-11,13-14H2,1-2H3,(H,23,26). The van der Waals surface area contributed by atoms with Gasteiger partial charge in [0, 0.05) is 44.3 Å². The molecule has 26 heavy (non-hydrogen) atoms. The zero-order chi connectivity index (χ0) is 18.5. The third kappa shape index (κ3) is 5.34. The van der Waals surface area contributed by atoms with Crippen LogP contribution in [0.25, 0.3) is 0 Å². The molecule has 0 saturated carbocycles. The molecular weight excluding hydrogens is 348 g/mol. The van der Waals surface area contributed by atoms with E-state index < -0.39 is 0 Å². The number of piperidine rings is 2. The molecule has 2 fully saturated rings. The fourth-order valence-electron chi connectivity index (χ4n) is 4.17. The van der Waals surface area contributed by atoms with Gasteiger partial charge < -0.3 is 15.1 Å². The summed E-state index contributed by atoms with van der Waals surface area (Å²) in [7, 11) is 0. The van der Waals surface area contributed by atoms with Crippen molar-refractivity contribution in [1.82, 2.24) is 15.2 Å². The number of rotatable bonds is 5. The zero-order valence-corrected chi connectivity index (χ0v) is 16.7. The molecule has 2 atom stereocenters. The summed E-state index contributed by atoms with van der Waals surface area (Å²) < 4.78 is 0. The van der Waals surface area contributed by atoms with E-state index in [0.29, 0.717) is 5.02 Å². The molecule has 1 aromatic rings. The number of anilines is 1. The number of nitrogens with one attached hydrogen (secondary N) is 1. The third-order valence-corrected chi connectivity index (χ3v) is 5.79. The molecule has 0 aromatic carbocycles. The summed E-state index contributed by atoms with van der Waals surface area (Å²) in [5, 5.41) is 3.89. The van der Waals surface area contributed by atoms with E-state index in [4.69, 9.17) is 11.6 Å². The van der Waals surface area contributed by atoms with Gasteiger partial charge in [0.15, 0.2) is 0 Å². The predicted octanol–water partition coefficient (Wildman–Crippen LogP) is 3.19. The van der Waals surface area contributed by atoms with Crippen molar-refractivity contribution in [3.05, 3.63) is 23.4 Å². The highest BCUT2D eigenvalue weighted by atomic mass is 35.5. The molecule has 6 heteroatoms. The van der Waals surface area contributed by atoms with Gasteiger partial charge in [0.2, 0.25) is 5.91 Å². The summed E-state index contributed by atoms with van der Waals surface area (Å²) in [6.07, 6.45) is 6.04. The molecule has 2 saturated heterocycles. The smallest absolute Gasteiger partial charge is 0.223 e. The Morgan fingerprint density at radius 3 is 2.73 bits per heavy atom. The Morgan fingerprint density at radius 1 is 1.31 bits per heavy atom. The van der Waals surface area contributed by atoms with E-state index in [9.17, 15) is 4.79 Å². The van der Waals surface area contributed by atoms with Gasteiger partial charge in [-0.2, -0.15) is 0 Å². The summed E-state index contributed by atoms with van der Waals surface area (Å²) in [5.74, 6) is 2.05. The van der Waals surface area contributed by atoms with Gasteiger partial charge in [0.1, 0.15) is 5.82 Å². The fraction of sp³-hybridized carbons (Fsp3) is 0.700. The minimum absolute atomic E-state index is 0.112. The van der Waals surface area contributed by atoms with Gasteiger partial charge in [0.25, 0.3) is 0 Å². The largest absolute Gasteiger partial charge is 0.357 e. The molecule has 1 aromatic heterocycles. The van der Waals surface area contributed by atoms with Crippen LogP contribution in [0, 0.1) is 11.8 Å². The maximum Gasteiger partial charge on any atom is 0.223 e. The Bertz CT molecular complexity index is 586. The normalized spacial score (nSPS) is 23.7. The second-order valence-corrected chi connectivity index (χ2v) is 8.45. The van der Waals surface area contributed by atoms with Crippen molar-refractivity contribution >= 4 is 23.3 Å². The van der Waals surface area contributed by atoms with E-state index in [0.717, 1.165) is 57.3 Å². The minimum Gasteiger partial charge on any atom is -0.357 e. The average molecular weight is 379 g/mol. The molecular formula is C20H31ClN4O. The first kappa shape index (κ1) is 19.4. The number of likely N-dealkylation sites (tertiary alicyclic amines) is 1. The number of hydrogen-bond donors (Lipinski definition) is 1. The van der Waals surface area contributed by atoms with Gasteiger partial charge in [-0.1, -0.05) is 18.5 Å². The molecule has 1 N–H and O–H groups in total. The lowest BCUT2D eigenvalue weighted by Gasteiger charge is -2.34. The SMILES string of the molecule is CC1CCCN(CC(C)NC(=O)C2CCN(c3ccc(Cl)cn3)CC2)C1. The quantitative estimate of drug-likeness (QED) is 0.854. The molecule has 1 amide bonds. The molecule has 2 aliphatic heterocycles. The van der Waals surface area contributed by atoms with Crippen LogP contribution >= 0.6 is 11.6 Å². The number of pyridine rings is 1. The molecule has 2 unspecified atom stereocenters. The summed E-state index contributed by atoms with van der Waals surface area (Å²) >= 11 is 5.90. The predicted molar refractivity (Wildman–Crippen MR) is 107 cm³/mol. The molecule has 144 valence electrons. The van der Waals surface area contributed by atoms with Crippen molar-refractivity contribution in [1.29, 1.82) is 0 Å². The Morgan fingerprint density at radius 2 is 2.08 bits per heavy atom. The van der Waals surface area contributed by atoms with Crippen LogP contribution in [0.4, 0.5) is 5.82 Å². The number of aromatic nitrogens is 1. The Balaban J connectivity index is 1.42. The fourth-order valence-corrected chi connectivity index (χ4v) is 4.28. The number of hydrogen-bond acceptors (Lipinski definition) is 4. The lowest BCUT2D eigenvalue weighted by Crippen LogP contribution is -2.48. The first-order chi connectivity index (χ1) is 12.5. The van der Waals surface area contributed by atoms with Crippen molar-refractivity contribution in [2.45, 2.75) is 45.6 Å². The number of halogens is 1. The first-order valence-electron chi connectivity index (χ1n) is 9.90. The number of carbonyl (C=O) groups excluding carboxylic acids is 1. The third-order valence-electron chi connectivity index (χ3n) is 5.56. The maximum atomic E-state index is 12.6.